The summed E-state index contributed by atoms with van der Waals surface area (Å²) in [6, 6.07) is 11.3. The van der Waals surface area contributed by atoms with Gasteiger partial charge in [0.15, 0.2) is 0 Å². The number of rotatable bonds is 3. The van der Waals surface area contributed by atoms with E-state index in [0.717, 1.165) is 11.3 Å². The van der Waals surface area contributed by atoms with Crippen molar-refractivity contribution in [1.82, 2.24) is 9.88 Å². The lowest BCUT2D eigenvalue weighted by Crippen LogP contribution is -2.42. The molecule has 6 heteroatoms. The van der Waals surface area contributed by atoms with Crippen LogP contribution in [-0.4, -0.2) is 49.6 Å². The second-order valence-electron chi connectivity index (χ2n) is 6.14. The summed E-state index contributed by atoms with van der Waals surface area (Å²) in [6.07, 6.45) is 3.06. The number of aromatic nitrogens is 1. The molecule has 1 aromatic heterocycles. The second-order valence-corrected chi connectivity index (χ2v) is 6.14. The number of amides is 1. The first-order valence-corrected chi connectivity index (χ1v) is 8.12. The smallest absolute Gasteiger partial charge is 0.257 e. The van der Waals surface area contributed by atoms with Gasteiger partial charge in [0.1, 0.15) is 6.10 Å². The molecule has 1 fully saturated rings. The fraction of sp³-hybridized carbons (Fsp3) is 0.316. The summed E-state index contributed by atoms with van der Waals surface area (Å²) in [6.45, 7) is 1.45. The van der Waals surface area contributed by atoms with Gasteiger partial charge in [-0.1, -0.05) is 12.1 Å². The lowest BCUT2D eigenvalue weighted by molar-refractivity contribution is -0.0228. The molecule has 0 radical (unpaired) electrons. The Morgan fingerprint density at radius 2 is 2.24 bits per heavy atom. The minimum Gasteiger partial charge on any atom is -0.377 e. The van der Waals surface area contributed by atoms with Gasteiger partial charge >= 0.3 is 0 Å². The molecule has 1 aliphatic heterocycles. The molecule has 1 aliphatic rings. The molecule has 1 unspecified atom stereocenters. The highest BCUT2D eigenvalue weighted by atomic mass is 16.5. The fourth-order valence-corrected chi connectivity index (χ4v) is 2.96. The van der Waals surface area contributed by atoms with E-state index in [1.807, 2.05) is 43.3 Å². The third-order valence-electron chi connectivity index (χ3n) is 4.25. The predicted molar refractivity (Wildman–Crippen MR) is 94.3 cm³/mol. The zero-order valence-corrected chi connectivity index (χ0v) is 14.3. The monoisotopic (exact) mass is 336 g/mol. The van der Waals surface area contributed by atoms with Crippen molar-refractivity contribution in [2.75, 3.05) is 38.7 Å². The molecule has 0 spiro atoms. The van der Waals surface area contributed by atoms with Crippen LogP contribution in [0.1, 0.15) is 27.6 Å². The zero-order valence-electron chi connectivity index (χ0n) is 14.3. The Morgan fingerprint density at radius 1 is 1.40 bits per heavy atom. The third kappa shape index (κ3) is 3.62. The lowest BCUT2D eigenvalue weighted by atomic mass is 10.0. The van der Waals surface area contributed by atoms with Gasteiger partial charge in [0.2, 0.25) is 0 Å². The molecule has 128 valence electrons. The van der Waals surface area contributed by atoms with E-state index < -0.39 is 0 Å². The highest BCUT2D eigenvalue weighted by Crippen LogP contribution is 2.26. The Hall–Kier alpha value is -2.91. The lowest BCUT2D eigenvalue weighted by Gasteiger charge is -2.34. The number of ether oxygens (including phenoxy) is 1. The molecule has 1 amide bonds. The number of hydrogen-bond donors (Lipinski definition) is 0. The Bertz CT molecular complexity index is 813. The molecule has 3 rings (SSSR count). The number of carbonyl (C=O) groups excluding carboxylic acids is 1. The van der Waals surface area contributed by atoms with Gasteiger partial charge in [0.05, 0.1) is 36.0 Å². The standard InChI is InChI=1S/C19H20N4O2/c1-22(2)17-6-7-21-12-16(17)19(24)23-8-9-25-18(13-23)15-5-3-4-14(10-15)11-20/h3-7,10,12,18H,8-9,13H2,1-2H3. The molecular weight excluding hydrogens is 316 g/mol. The van der Waals surface area contributed by atoms with Gasteiger partial charge in [0, 0.05) is 33.0 Å². The fourth-order valence-electron chi connectivity index (χ4n) is 2.96. The zero-order chi connectivity index (χ0) is 17.8. The number of morpholine rings is 1. The molecular formula is C19H20N4O2. The maximum absolute atomic E-state index is 13.0. The molecule has 6 nitrogen and oxygen atoms in total. The van der Waals surface area contributed by atoms with Crippen molar-refractivity contribution in [1.29, 1.82) is 5.26 Å². The minimum atomic E-state index is -0.231. The summed E-state index contributed by atoms with van der Waals surface area (Å²) < 4.78 is 5.83. The summed E-state index contributed by atoms with van der Waals surface area (Å²) in [5, 5.41) is 9.06. The highest BCUT2D eigenvalue weighted by Gasteiger charge is 2.28. The number of hydrogen-bond acceptors (Lipinski definition) is 5. The number of carbonyl (C=O) groups is 1. The van der Waals surface area contributed by atoms with Crippen molar-refractivity contribution in [3.05, 3.63) is 59.4 Å². The van der Waals surface area contributed by atoms with Crippen LogP contribution in [0.2, 0.25) is 0 Å². The van der Waals surface area contributed by atoms with Gasteiger partial charge < -0.3 is 14.5 Å². The maximum atomic E-state index is 13.0. The van der Waals surface area contributed by atoms with Crippen LogP contribution in [0.25, 0.3) is 0 Å². The van der Waals surface area contributed by atoms with Crippen LogP contribution in [0.3, 0.4) is 0 Å². The van der Waals surface area contributed by atoms with Crippen LogP contribution in [0.4, 0.5) is 5.69 Å². The molecule has 2 heterocycles. The molecule has 0 saturated carbocycles. The molecule has 1 atom stereocenters. The van der Waals surface area contributed by atoms with Crippen LogP contribution in [0, 0.1) is 11.3 Å². The molecule has 25 heavy (non-hydrogen) atoms. The second kappa shape index (κ2) is 7.32. The van der Waals surface area contributed by atoms with Crippen LogP contribution in [0.15, 0.2) is 42.7 Å². The maximum Gasteiger partial charge on any atom is 0.257 e. The number of benzene rings is 1. The van der Waals surface area contributed by atoms with Crippen molar-refractivity contribution in [2.45, 2.75) is 6.10 Å². The Morgan fingerprint density at radius 3 is 3.00 bits per heavy atom. The topological polar surface area (TPSA) is 69.5 Å². The minimum absolute atomic E-state index is 0.0541. The molecule has 1 saturated heterocycles. The van der Waals surface area contributed by atoms with Gasteiger partial charge in [-0.3, -0.25) is 9.78 Å². The van der Waals surface area contributed by atoms with E-state index in [1.165, 1.54) is 0 Å². The Kier molecular flexibility index (Phi) is 4.96. The van der Waals surface area contributed by atoms with E-state index in [9.17, 15) is 4.79 Å². The summed E-state index contributed by atoms with van der Waals surface area (Å²) in [5.74, 6) is -0.0541. The van der Waals surface area contributed by atoms with Crippen LogP contribution < -0.4 is 4.90 Å². The van der Waals surface area contributed by atoms with Gasteiger partial charge in [-0.15, -0.1) is 0 Å². The predicted octanol–water partition coefficient (Wildman–Crippen LogP) is 2.23. The highest BCUT2D eigenvalue weighted by molar-refractivity contribution is 5.99. The van der Waals surface area contributed by atoms with Crippen molar-refractivity contribution in [3.63, 3.8) is 0 Å². The van der Waals surface area contributed by atoms with E-state index in [-0.39, 0.29) is 12.0 Å². The van der Waals surface area contributed by atoms with Crippen LogP contribution >= 0.6 is 0 Å². The van der Waals surface area contributed by atoms with Crippen molar-refractivity contribution in [3.8, 4) is 6.07 Å². The quantitative estimate of drug-likeness (QED) is 0.860. The summed E-state index contributed by atoms with van der Waals surface area (Å²) in [5.41, 5.74) is 2.93. The molecule has 0 bridgehead atoms. The molecule has 1 aromatic carbocycles. The first-order valence-electron chi connectivity index (χ1n) is 8.12. The molecule has 0 aliphatic carbocycles. The van der Waals surface area contributed by atoms with Gasteiger partial charge in [-0.25, -0.2) is 0 Å². The summed E-state index contributed by atoms with van der Waals surface area (Å²) in [7, 11) is 3.81. The average Bonchev–Trinajstić information content (AvgIpc) is 2.67. The first-order chi connectivity index (χ1) is 12.1. The third-order valence-corrected chi connectivity index (χ3v) is 4.25. The largest absolute Gasteiger partial charge is 0.377 e. The molecule has 0 N–H and O–H groups in total. The Balaban J connectivity index is 1.82. The van der Waals surface area contributed by atoms with E-state index in [0.29, 0.717) is 30.8 Å². The molecule has 2 aromatic rings. The van der Waals surface area contributed by atoms with Gasteiger partial charge in [-0.05, 0) is 23.8 Å². The number of nitriles is 1. The van der Waals surface area contributed by atoms with E-state index >= 15 is 0 Å². The van der Waals surface area contributed by atoms with Crippen LogP contribution in [0.5, 0.6) is 0 Å². The van der Waals surface area contributed by atoms with Gasteiger partial charge in [0.25, 0.3) is 5.91 Å². The SMILES string of the molecule is CN(C)c1ccncc1C(=O)N1CCOC(c2cccc(C#N)c2)C1. The number of nitrogens with zero attached hydrogens (tertiary/aromatic N) is 4. The first kappa shape index (κ1) is 16.9. The van der Waals surface area contributed by atoms with Crippen molar-refractivity contribution >= 4 is 11.6 Å². The van der Waals surface area contributed by atoms with Gasteiger partial charge in [-0.2, -0.15) is 5.26 Å². The van der Waals surface area contributed by atoms with E-state index in [2.05, 4.69) is 11.1 Å². The van der Waals surface area contributed by atoms with E-state index in [1.54, 1.807) is 23.4 Å². The van der Waals surface area contributed by atoms with E-state index in [4.69, 9.17) is 10.00 Å². The average molecular weight is 336 g/mol. The Labute approximate surface area is 147 Å². The van der Waals surface area contributed by atoms with Crippen LogP contribution in [-0.2, 0) is 4.74 Å². The summed E-state index contributed by atoms with van der Waals surface area (Å²) in [4.78, 5) is 20.8. The normalized spacial score (nSPS) is 17.0. The summed E-state index contributed by atoms with van der Waals surface area (Å²) >= 11 is 0. The van der Waals surface area contributed by atoms with Crippen molar-refractivity contribution in [2.24, 2.45) is 0 Å². The number of anilines is 1. The number of pyridine rings is 1. The van der Waals surface area contributed by atoms with Crippen molar-refractivity contribution < 1.29 is 9.53 Å².